The maximum Gasteiger partial charge on any atom is 0.264 e. The zero-order valence-corrected chi connectivity index (χ0v) is 17.7. The molecule has 1 saturated carbocycles. The number of rotatable bonds is 6. The monoisotopic (exact) mass is 435 g/mol. The summed E-state index contributed by atoms with van der Waals surface area (Å²) >= 11 is 0.986. The number of benzene rings is 2. The molecule has 4 rings (SSSR count). The third-order valence-electron chi connectivity index (χ3n) is 4.95. The quantitative estimate of drug-likeness (QED) is 0.603. The molecule has 0 aromatic heterocycles. The molecule has 1 unspecified atom stereocenters. The van der Waals surface area contributed by atoms with Gasteiger partial charge in [0.1, 0.15) is 16.3 Å². The van der Waals surface area contributed by atoms with E-state index in [-0.39, 0.29) is 10.1 Å². The Kier molecular flexibility index (Phi) is 5.75. The van der Waals surface area contributed by atoms with Crippen LogP contribution in [0.15, 0.2) is 56.1 Å². The number of sulfonamides is 1. The van der Waals surface area contributed by atoms with Crippen molar-refractivity contribution in [3.8, 4) is 0 Å². The summed E-state index contributed by atoms with van der Waals surface area (Å²) in [6, 6.07) is 12.1. The summed E-state index contributed by atoms with van der Waals surface area (Å²) in [6.07, 6.45) is 5.56. The summed E-state index contributed by atoms with van der Waals surface area (Å²) < 4.78 is 49.2. The molecule has 1 fully saturated rings. The van der Waals surface area contributed by atoms with Gasteiger partial charge in [0.25, 0.3) is 10.0 Å². The minimum Gasteiger partial charge on any atom is -0.280 e. The van der Waals surface area contributed by atoms with Crippen molar-refractivity contribution >= 4 is 49.2 Å². The lowest BCUT2D eigenvalue weighted by molar-refractivity contribution is 0.504. The molecule has 9 heteroatoms. The van der Waals surface area contributed by atoms with Crippen LogP contribution < -0.4 is 4.72 Å². The predicted octanol–water partition coefficient (Wildman–Crippen LogP) is 4.80. The van der Waals surface area contributed by atoms with Crippen molar-refractivity contribution < 1.29 is 12.6 Å². The molecule has 1 aliphatic carbocycles. The normalized spacial score (nSPS) is 17.7. The Morgan fingerprint density at radius 2 is 1.86 bits per heavy atom. The zero-order valence-electron chi connectivity index (χ0n) is 15.2. The molecule has 1 heterocycles. The van der Waals surface area contributed by atoms with E-state index in [4.69, 9.17) is 0 Å². The van der Waals surface area contributed by atoms with Gasteiger partial charge in [0.2, 0.25) is 0 Å². The molecule has 1 atom stereocenters. The number of nitrogens with zero attached hydrogens (tertiary/aromatic N) is 2. The van der Waals surface area contributed by atoms with Gasteiger partial charge in [-0.1, -0.05) is 37.5 Å². The average molecular weight is 436 g/mol. The second-order valence-electron chi connectivity index (χ2n) is 6.98. The lowest BCUT2D eigenvalue weighted by atomic mass is 10.0. The van der Waals surface area contributed by atoms with Crippen molar-refractivity contribution in [1.82, 2.24) is 0 Å². The number of nitrogens with one attached hydrogen (secondary N) is 1. The second kappa shape index (κ2) is 8.26. The second-order valence-corrected chi connectivity index (χ2v) is 10.9. The smallest absolute Gasteiger partial charge is 0.264 e. The Balaban J connectivity index is 1.51. The minimum absolute atomic E-state index is 0.106. The molecule has 0 saturated heterocycles. The van der Waals surface area contributed by atoms with Gasteiger partial charge in [-0.05, 0) is 42.7 Å². The van der Waals surface area contributed by atoms with Gasteiger partial charge < -0.3 is 0 Å². The average Bonchev–Trinajstić information content (AvgIpc) is 3.17. The maximum atomic E-state index is 12.9. The van der Waals surface area contributed by atoms with Crippen LogP contribution in [0.25, 0.3) is 0 Å². The number of hydrogen-bond acceptors (Lipinski definition) is 5. The third kappa shape index (κ3) is 4.26. The number of fused-ring (bicyclic) bond motifs is 1. The van der Waals surface area contributed by atoms with E-state index in [1.54, 1.807) is 30.3 Å². The van der Waals surface area contributed by atoms with Crippen molar-refractivity contribution in [2.24, 2.45) is 8.73 Å². The highest BCUT2D eigenvalue weighted by molar-refractivity contribution is 7.93. The topological polar surface area (TPSA) is 88.0 Å². The van der Waals surface area contributed by atoms with Crippen LogP contribution in [0.2, 0.25) is 0 Å². The van der Waals surface area contributed by atoms with Crippen LogP contribution in [0, 0.1) is 0 Å². The highest BCUT2D eigenvalue weighted by Gasteiger charge is 2.23. The van der Waals surface area contributed by atoms with Crippen LogP contribution in [0.4, 0.5) is 17.1 Å². The first kappa shape index (κ1) is 19.5. The first-order valence-electron chi connectivity index (χ1n) is 9.23. The van der Waals surface area contributed by atoms with Crippen molar-refractivity contribution in [1.29, 1.82) is 0 Å². The highest BCUT2D eigenvalue weighted by Crippen LogP contribution is 2.38. The zero-order chi connectivity index (χ0) is 19.6. The molecular formula is C19H21N3O3S3. The molecular weight excluding hydrogens is 414 g/mol. The van der Waals surface area contributed by atoms with E-state index in [1.807, 2.05) is 6.07 Å². The first-order chi connectivity index (χ1) is 13.5. The summed E-state index contributed by atoms with van der Waals surface area (Å²) in [7, 11) is -4.73. The standard InChI is InChI=1S/C19H21N3O3S3/c23-27(16-8-2-1-3-9-16)13-14-6-4-7-15(12-14)22-28(24,25)18-11-5-10-17-19(18)21-26-20-17/h4-7,10-12,16,22H,1-3,8-9,13H2. The van der Waals surface area contributed by atoms with Gasteiger partial charge in [0.05, 0.1) is 11.4 Å². The summed E-state index contributed by atoms with van der Waals surface area (Å²) in [4.78, 5) is 0.106. The molecule has 28 heavy (non-hydrogen) atoms. The van der Waals surface area contributed by atoms with Gasteiger partial charge in [-0.15, -0.1) is 0 Å². The molecule has 1 aliphatic heterocycles. The Bertz CT molecular complexity index is 1090. The molecule has 0 spiro atoms. The lowest BCUT2D eigenvalue weighted by Gasteiger charge is -2.21. The molecule has 0 bridgehead atoms. The van der Waals surface area contributed by atoms with E-state index in [1.165, 1.54) is 12.5 Å². The lowest BCUT2D eigenvalue weighted by Crippen LogP contribution is -2.20. The Hall–Kier alpha value is -1.84. The van der Waals surface area contributed by atoms with E-state index < -0.39 is 20.8 Å². The van der Waals surface area contributed by atoms with Crippen LogP contribution >= 0.6 is 0 Å². The van der Waals surface area contributed by atoms with E-state index in [0.29, 0.717) is 22.8 Å². The van der Waals surface area contributed by atoms with E-state index >= 15 is 0 Å². The largest absolute Gasteiger partial charge is 0.280 e. The van der Waals surface area contributed by atoms with E-state index in [2.05, 4.69) is 13.4 Å². The first-order valence-corrected chi connectivity index (χ1v) is 12.8. The predicted molar refractivity (Wildman–Crippen MR) is 114 cm³/mol. The van der Waals surface area contributed by atoms with E-state index in [9.17, 15) is 12.6 Å². The molecule has 6 nitrogen and oxygen atoms in total. The van der Waals surface area contributed by atoms with E-state index in [0.717, 1.165) is 42.6 Å². The molecule has 1 N–H and O–H groups in total. The number of anilines is 1. The fraction of sp³-hybridized carbons (Fsp3) is 0.368. The van der Waals surface area contributed by atoms with Gasteiger partial charge in [0.15, 0.2) is 0 Å². The van der Waals surface area contributed by atoms with Crippen molar-refractivity contribution in [2.75, 3.05) is 4.72 Å². The van der Waals surface area contributed by atoms with Crippen LogP contribution in [-0.2, 0) is 37.9 Å². The van der Waals surface area contributed by atoms with Gasteiger partial charge in [-0.3, -0.25) is 8.93 Å². The number of hydrogen-bond donors (Lipinski definition) is 1. The Morgan fingerprint density at radius 1 is 1.07 bits per heavy atom. The van der Waals surface area contributed by atoms with Gasteiger partial charge in [-0.25, -0.2) is 8.42 Å². The SMILES string of the molecule is O=S(Cc1cccc(NS(=O)(=O)c2cccc3c2N=S=N3)c1)C1CCCCC1. The highest BCUT2D eigenvalue weighted by atomic mass is 32.2. The molecule has 148 valence electrons. The van der Waals surface area contributed by atoms with Crippen molar-refractivity contribution in [3.05, 3.63) is 48.0 Å². The summed E-state index contributed by atoms with van der Waals surface area (Å²) in [6.45, 7) is 0. The van der Waals surface area contributed by atoms with Gasteiger partial charge in [0, 0.05) is 27.5 Å². The fourth-order valence-corrected chi connectivity index (χ4v) is 6.96. The molecule has 0 radical (unpaired) electrons. The van der Waals surface area contributed by atoms with Gasteiger partial charge >= 0.3 is 0 Å². The Morgan fingerprint density at radius 3 is 2.68 bits per heavy atom. The Labute approximate surface area is 171 Å². The third-order valence-corrected chi connectivity index (χ3v) is 8.74. The maximum absolute atomic E-state index is 12.9. The van der Waals surface area contributed by atoms with Crippen LogP contribution in [-0.4, -0.2) is 17.9 Å². The molecule has 2 aromatic carbocycles. The molecule has 2 aliphatic rings. The van der Waals surface area contributed by atoms with Crippen molar-refractivity contribution in [3.63, 3.8) is 0 Å². The fourth-order valence-electron chi connectivity index (χ4n) is 3.54. The van der Waals surface area contributed by atoms with Crippen LogP contribution in [0.1, 0.15) is 37.7 Å². The van der Waals surface area contributed by atoms with Crippen molar-refractivity contribution in [2.45, 2.75) is 48.0 Å². The minimum atomic E-state index is -3.80. The van der Waals surface area contributed by atoms with Gasteiger partial charge in [-0.2, -0.15) is 8.73 Å². The van der Waals surface area contributed by atoms with Crippen LogP contribution in [0.5, 0.6) is 0 Å². The summed E-state index contributed by atoms with van der Waals surface area (Å²) in [5.41, 5.74) is 2.26. The van der Waals surface area contributed by atoms with Crippen LogP contribution in [0.3, 0.4) is 0 Å². The summed E-state index contributed by atoms with van der Waals surface area (Å²) in [5, 5.41) is 0.254. The summed E-state index contributed by atoms with van der Waals surface area (Å²) in [5.74, 6) is 0.450. The molecule has 2 aromatic rings. The molecule has 0 amide bonds.